The Bertz CT molecular complexity index is 844. The van der Waals surface area contributed by atoms with E-state index < -0.39 is 0 Å². The van der Waals surface area contributed by atoms with E-state index in [1.165, 1.54) is 11.9 Å². The third-order valence-electron chi connectivity index (χ3n) is 4.72. The van der Waals surface area contributed by atoms with Gasteiger partial charge in [-0.05, 0) is 42.5 Å². The van der Waals surface area contributed by atoms with Crippen molar-refractivity contribution in [2.75, 3.05) is 13.6 Å². The number of hydrogen-bond acceptors (Lipinski definition) is 4. The SMILES string of the molecule is CN1C(=O)c2ccc(C(=O)N3CCC[C@@H]3c3cccs3)cc2C1=O. The number of carbonyl (C=O) groups excluding carboxylic acids is 3. The topological polar surface area (TPSA) is 57.7 Å². The summed E-state index contributed by atoms with van der Waals surface area (Å²) in [6.45, 7) is 0.714. The van der Waals surface area contributed by atoms with E-state index in [0.717, 1.165) is 17.7 Å². The Labute approximate surface area is 143 Å². The van der Waals surface area contributed by atoms with Crippen molar-refractivity contribution in [2.45, 2.75) is 18.9 Å². The molecule has 1 atom stereocenters. The van der Waals surface area contributed by atoms with Crippen LogP contribution in [-0.2, 0) is 0 Å². The normalized spacial score (nSPS) is 20.0. The zero-order valence-corrected chi connectivity index (χ0v) is 14.0. The molecule has 24 heavy (non-hydrogen) atoms. The molecule has 6 heteroatoms. The van der Waals surface area contributed by atoms with Crippen LogP contribution in [0.5, 0.6) is 0 Å². The molecule has 3 heterocycles. The van der Waals surface area contributed by atoms with Crippen LogP contribution in [0.4, 0.5) is 0 Å². The highest BCUT2D eigenvalue weighted by atomic mass is 32.1. The molecule has 122 valence electrons. The highest BCUT2D eigenvalue weighted by Crippen LogP contribution is 2.35. The lowest BCUT2D eigenvalue weighted by atomic mass is 10.0. The van der Waals surface area contributed by atoms with Crippen molar-refractivity contribution in [3.05, 3.63) is 57.3 Å². The van der Waals surface area contributed by atoms with Crippen molar-refractivity contribution in [1.82, 2.24) is 9.80 Å². The summed E-state index contributed by atoms with van der Waals surface area (Å²) in [5.41, 5.74) is 1.16. The van der Waals surface area contributed by atoms with Gasteiger partial charge < -0.3 is 4.90 Å². The van der Waals surface area contributed by atoms with E-state index in [9.17, 15) is 14.4 Å². The van der Waals surface area contributed by atoms with Crippen molar-refractivity contribution >= 4 is 29.1 Å². The molecular formula is C18H16N2O3S. The second-order valence-corrected chi connectivity index (χ2v) is 7.08. The van der Waals surface area contributed by atoms with Gasteiger partial charge >= 0.3 is 0 Å². The van der Waals surface area contributed by atoms with E-state index >= 15 is 0 Å². The van der Waals surface area contributed by atoms with Gasteiger partial charge in [0, 0.05) is 24.0 Å². The first-order valence-electron chi connectivity index (χ1n) is 7.88. The van der Waals surface area contributed by atoms with Crippen molar-refractivity contribution in [1.29, 1.82) is 0 Å². The fourth-order valence-electron chi connectivity index (χ4n) is 3.45. The number of carbonyl (C=O) groups is 3. The van der Waals surface area contributed by atoms with Crippen LogP contribution in [0.3, 0.4) is 0 Å². The average Bonchev–Trinajstić information content (AvgIpc) is 3.32. The average molecular weight is 340 g/mol. The molecule has 2 aromatic rings. The van der Waals surface area contributed by atoms with Gasteiger partial charge in [-0.3, -0.25) is 19.3 Å². The second-order valence-electron chi connectivity index (χ2n) is 6.10. The van der Waals surface area contributed by atoms with Crippen LogP contribution < -0.4 is 0 Å². The molecule has 2 aliphatic rings. The minimum absolute atomic E-state index is 0.0801. The van der Waals surface area contributed by atoms with E-state index in [1.54, 1.807) is 29.5 Å². The van der Waals surface area contributed by atoms with E-state index in [4.69, 9.17) is 0 Å². The molecule has 4 rings (SSSR count). The van der Waals surface area contributed by atoms with Gasteiger partial charge in [-0.25, -0.2) is 0 Å². The molecule has 3 amide bonds. The fourth-order valence-corrected chi connectivity index (χ4v) is 4.32. The minimum Gasteiger partial charge on any atom is -0.331 e. The van der Waals surface area contributed by atoms with Gasteiger partial charge in [0.05, 0.1) is 17.2 Å². The molecular weight excluding hydrogens is 324 g/mol. The molecule has 2 aliphatic heterocycles. The number of rotatable bonds is 2. The molecule has 1 aromatic heterocycles. The standard InChI is InChI=1S/C18H16N2O3S/c1-19-17(22)12-7-6-11(10-13(12)18(19)23)16(21)20-8-2-4-14(20)15-5-3-9-24-15/h3,5-7,9-10,14H,2,4,8H2,1H3/t14-/m1/s1. The Morgan fingerprint density at radius 3 is 2.71 bits per heavy atom. The van der Waals surface area contributed by atoms with E-state index in [2.05, 4.69) is 6.07 Å². The van der Waals surface area contributed by atoms with Crippen LogP contribution in [0.2, 0.25) is 0 Å². The molecule has 1 aromatic carbocycles. The Morgan fingerprint density at radius 2 is 1.96 bits per heavy atom. The summed E-state index contributed by atoms with van der Waals surface area (Å²) in [5, 5.41) is 2.02. The first kappa shape index (κ1) is 15.1. The zero-order chi connectivity index (χ0) is 16.8. The molecule has 1 saturated heterocycles. The summed E-state index contributed by atoms with van der Waals surface area (Å²) in [5.74, 6) is -0.740. The Balaban J connectivity index is 1.66. The van der Waals surface area contributed by atoms with Crippen LogP contribution in [0.15, 0.2) is 35.7 Å². The predicted molar refractivity (Wildman–Crippen MR) is 90.2 cm³/mol. The third kappa shape index (κ3) is 2.17. The number of thiophene rings is 1. The van der Waals surface area contributed by atoms with Crippen molar-refractivity contribution in [3.63, 3.8) is 0 Å². The monoisotopic (exact) mass is 340 g/mol. The Hall–Kier alpha value is -2.47. The second kappa shape index (κ2) is 5.56. The summed E-state index contributed by atoms with van der Waals surface area (Å²) in [7, 11) is 1.46. The van der Waals surface area contributed by atoms with Gasteiger partial charge in [-0.2, -0.15) is 0 Å². The minimum atomic E-state index is -0.346. The first-order chi connectivity index (χ1) is 11.6. The van der Waals surface area contributed by atoms with E-state index in [-0.39, 0.29) is 23.8 Å². The van der Waals surface area contributed by atoms with Gasteiger partial charge in [-0.1, -0.05) is 6.07 Å². The molecule has 0 aliphatic carbocycles. The van der Waals surface area contributed by atoms with Crippen LogP contribution in [0.1, 0.15) is 54.8 Å². The smallest absolute Gasteiger partial charge is 0.261 e. The molecule has 0 N–H and O–H groups in total. The summed E-state index contributed by atoms with van der Waals surface area (Å²) in [6.07, 6.45) is 1.93. The Kier molecular flexibility index (Phi) is 3.49. The Morgan fingerprint density at radius 1 is 1.17 bits per heavy atom. The molecule has 0 spiro atoms. The molecule has 1 fully saturated rings. The largest absolute Gasteiger partial charge is 0.331 e. The molecule has 5 nitrogen and oxygen atoms in total. The van der Waals surface area contributed by atoms with E-state index in [1.807, 2.05) is 16.3 Å². The summed E-state index contributed by atoms with van der Waals surface area (Å²) >= 11 is 1.66. The van der Waals surface area contributed by atoms with Crippen molar-refractivity contribution in [2.24, 2.45) is 0 Å². The van der Waals surface area contributed by atoms with Gasteiger partial charge in [0.2, 0.25) is 0 Å². The number of fused-ring (bicyclic) bond motifs is 1. The first-order valence-corrected chi connectivity index (χ1v) is 8.76. The third-order valence-corrected chi connectivity index (χ3v) is 5.70. The summed E-state index contributed by atoms with van der Waals surface area (Å²) in [6, 6.07) is 8.95. The number of benzene rings is 1. The van der Waals surface area contributed by atoms with Gasteiger partial charge in [0.1, 0.15) is 0 Å². The quantitative estimate of drug-likeness (QED) is 0.790. The predicted octanol–water partition coefficient (Wildman–Crippen LogP) is 2.95. The van der Waals surface area contributed by atoms with Crippen LogP contribution in [0.25, 0.3) is 0 Å². The number of likely N-dealkylation sites (tertiary alicyclic amines) is 1. The lowest BCUT2D eigenvalue weighted by molar-refractivity contribution is 0.0692. The van der Waals surface area contributed by atoms with Crippen LogP contribution in [0, 0.1) is 0 Å². The van der Waals surface area contributed by atoms with Gasteiger partial charge in [0.15, 0.2) is 0 Å². The lowest BCUT2D eigenvalue weighted by Gasteiger charge is -2.24. The maximum Gasteiger partial charge on any atom is 0.261 e. The highest BCUT2D eigenvalue weighted by Gasteiger charge is 2.35. The molecule has 0 radical (unpaired) electrons. The van der Waals surface area contributed by atoms with E-state index in [0.29, 0.717) is 23.2 Å². The number of imide groups is 1. The van der Waals surface area contributed by atoms with Gasteiger partial charge in [-0.15, -0.1) is 11.3 Å². The molecule has 0 unspecified atom stereocenters. The maximum atomic E-state index is 12.9. The zero-order valence-electron chi connectivity index (χ0n) is 13.2. The summed E-state index contributed by atoms with van der Waals surface area (Å²) in [4.78, 5) is 41.2. The maximum absolute atomic E-state index is 12.9. The highest BCUT2D eigenvalue weighted by molar-refractivity contribution is 7.10. The van der Waals surface area contributed by atoms with Crippen molar-refractivity contribution in [3.8, 4) is 0 Å². The number of hydrogen-bond donors (Lipinski definition) is 0. The van der Waals surface area contributed by atoms with Crippen LogP contribution in [-0.4, -0.2) is 41.1 Å². The van der Waals surface area contributed by atoms with Crippen LogP contribution >= 0.6 is 11.3 Å². The van der Waals surface area contributed by atoms with Gasteiger partial charge in [0.25, 0.3) is 17.7 Å². The fraction of sp³-hybridized carbons (Fsp3) is 0.278. The molecule has 0 bridgehead atoms. The number of nitrogens with zero attached hydrogens (tertiary/aromatic N) is 2. The summed E-state index contributed by atoms with van der Waals surface area (Å²) < 4.78 is 0. The molecule has 0 saturated carbocycles. The lowest BCUT2D eigenvalue weighted by Crippen LogP contribution is -2.30. The number of amides is 3. The van der Waals surface area contributed by atoms with Crippen molar-refractivity contribution < 1.29 is 14.4 Å².